The molecule has 2 aliphatic rings. The van der Waals surface area contributed by atoms with Crippen LogP contribution in [0.3, 0.4) is 0 Å². The van der Waals surface area contributed by atoms with Crippen molar-refractivity contribution in [2.75, 3.05) is 71.5 Å². The van der Waals surface area contributed by atoms with E-state index in [1.807, 2.05) is 36.9 Å². The van der Waals surface area contributed by atoms with E-state index < -0.39 is 0 Å². The zero-order valence-electron chi connectivity index (χ0n) is 17.6. The minimum absolute atomic E-state index is 0.0676. The standard InChI is InChI=1S/C21H32N4O4/c1-16-4-5-19(28-3)18(14-16)22-21(27)17(2)24-6-8-25(9-7-24)20(26)15-23-10-12-29-13-11-23/h4-5,14,17H,6-13,15H2,1-3H3,(H,22,27). The van der Waals surface area contributed by atoms with Gasteiger partial charge in [-0.15, -0.1) is 0 Å². The first-order chi connectivity index (χ1) is 14.0. The van der Waals surface area contributed by atoms with Crippen molar-refractivity contribution < 1.29 is 19.1 Å². The third-order valence-corrected chi connectivity index (χ3v) is 5.67. The van der Waals surface area contributed by atoms with Gasteiger partial charge in [-0.05, 0) is 31.5 Å². The number of aryl methyl sites for hydroxylation is 1. The van der Waals surface area contributed by atoms with Crippen LogP contribution in [0.15, 0.2) is 18.2 Å². The highest BCUT2D eigenvalue weighted by atomic mass is 16.5. The normalized spacial score (nSPS) is 19.6. The highest BCUT2D eigenvalue weighted by molar-refractivity contribution is 5.96. The molecule has 1 unspecified atom stereocenters. The third kappa shape index (κ3) is 5.68. The molecule has 2 saturated heterocycles. The molecule has 0 radical (unpaired) electrons. The van der Waals surface area contributed by atoms with Gasteiger partial charge in [-0.3, -0.25) is 19.4 Å². The molecule has 8 nitrogen and oxygen atoms in total. The fourth-order valence-electron chi connectivity index (χ4n) is 3.73. The minimum Gasteiger partial charge on any atom is -0.495 e. The Morgan fingerprint density at radius 2 is 1.83 bits per heavy atom. The van der Waals surface area contributed by atoms with E-state index in [1.54, 1.807) is 7.11 Å². The molecule has 160 valence electrons. The van der Waals surface area contributed by atoms with Crippen molar-refractivity contribution in [1.82, 2.24) is 14.7 Å². The van der Waals surface area contributed by atoms with Gasteiger partial charge in [0.25, 0.3) is 0 Å². The van der Waals surface area contributed by atoms with E-state index in [9.17, 15) is 9.59 Å². The number of carbonyl (C=O) groups excluding carboxylic acids is 2. The van der Waals surface area contributed by atoms with Gasteiger partial charge in [-0.2, -0.15) is 0 Å². The molecule has 1 atom stereocenters. The zero-order chi connectivity index (χ0) is 20.8. The van der Waals surface area contributed by atoms with E-state index in [4.69, 9.17) is 9.47 Å². The number of ether oxygens (including phenoxy) is 2. The van der Waals surface area contributed by atoms with Gasteiger partial charge in [-0.1, -0.05) is 6.07 Å². The molecule has 0 bridgehead atoms. The van der Waals surface area contributed by atoms with E-state index in [1.165, 1.54) is 0 Å². The third-order valence-electron chi connectivity index (χ3n) is 5.67. The summed E-state index contributed by atoms with van der Waals surface area (Å²) in [6.07, 6.45) is 0. The van der Waals surface area contributed by atoms with Gasteiger partial charge in [0.15, 0.2) is 0 Å². The number of piperazine rings is 1. The van der Waals surface area contributed by atoms with Gasteiger partial charge in [0.2, 0.25) is 11.8 Å². The second kappa shape index (κ2) is 10.0. The second-order valence-corrected chi connectivity index (χ2v) is 7.67. The van der Waals surface area contributed by atoms with Crippen molar-refractivity contribution in [1.29, 1.82) is 0 Å². The predicted molar refractivity (Wildman–Crippen MR) is 111 cm³/mol. The molecule has 1 aromatic carbocycles. The van der Waals surface area contributed by atoms with E-state index >= 15 is 0 Å². The van der Waals surface area contributed by atoms with E-state index in [0.29, 0.717) is 57.4 Å². The number of anilines is 1. The van der Waals surface area contributed by atoms with Crippen molar-refractivity contribution in [2.24, 2.45) is 0 Å². The van der Waals surface area contributed by atoms with Gasteiger partial charge in [0.1, 0.15) is 5.75 Å². The summed E-state index contributed by atoms with van der Waals surface area (Å²) in [7, 11) is 1.59. The zero-order valence-corrected chi connectivity index (χ0v) is 17.6. The lowest BCUT2D eigenvalue weighted by atomic mass is 10.1. The molecule has 0 saturated carbocycles. The van der Waals surface area contributed by atoms with Gasteiger partial charge >= 0.3 is 0 Å². The molecule has 3 rings (SSSR count). The lowest BCUT2D eigenvalue weighted by Gasteiger charge is -2.38. The first-order valence-corrected chi connectivity index (χ1v) is 10.3. The Bertz CT molecular complexity index is 713. The van der Waals surface area contributed by atoms with Crippen LogP contribution in [0, 0.1) is 6.92 Å². The van der Waals surface area contributed by atoms with Gasteiger partial charge in [-0.25, -0.2) is 0 Å². The van der Waals surface area contributed by atoms with Crippen LogP contribution in [0.5, 0.6) is 5.75 Å². The molecule has 29 heavy (non-hydrogen) atoms. The quantitative estimate of drug-likeness (QED) is 0.756. The number of morpholine rings is 1. The van der Waals surface area contributed by atoms with Crippen LogP contribution in [-0.4, -0.2) is 98.7 Å². The summed E-state index contributed by atoms with van der Waals surface area (Å²) in [6.45, 7) is 10.0. The van der Waals surface area contributed by atoms with Crippen LogP contribution in [0.25, 0.3) is 0 Å². The fraction of sp³-hybridized carbons (Fsp3) is 0.619. The Hall–Kier alpha value is -2.16. The van der Waals surface area contributed by atoms with Crippen LogP contribution in [-0.2, 0) is 14.3 Å². The number of nitrogens with zero attached hydrogens (tertiary/aromatic N) is 3. The maximum Gasteiger partial charge on any atom is 0.241 e. The maximum atomic E-state index is 12.8. The largest absolute Gasteiger partial charge is 0.495 e. The van der Waals surface area contributed by atoms with Crippen LogP contribution in [0.2, 0.25) is 0 Å². The summed E-state index contributed by atoms with van der Waals surface area (Å²) in [5.41, 5.74) is 1.74. The van der Waals surface area contributed by atoms with E-state index in [-0.39, 0.29) is 17.9 Å². The summed E-state index contributed by atoms with van der Waals surface area (Å²) in [4.78, 5) is 31.5. The summed E-state index contributed by atoms with van der Waals surface area (Å²) in [5.74, 6) is 0.741. The van der Waals surface area contributed by atoms with Crippen molar-refractivity contribution in [3.05, 3.63) is 23.8 Å². The molecule has 1 aromatic rings. The fourth-order valence-corrected chi connectivity index (χ4v) is 3.73. The Morgan fingerprint density at radius 1 is 1.14 bits per heavy atom. The topological polar surface area (TPSA) is 74.4 Å². The second-order valence-electron chi connectivity index (χ2n) is 7.67. The lowest BCUT2D eigenvalue weighted by Crippen LogP contribution is -2.55. The monoisotopic (exact) mass is 404 g/mol. The summed E-state index contributed by atoms with van der Waals surface area (Å²) in [6, 6.07) is 5.43. The first kappa shape index (κ1) is 21.5. The predicted octanol–water partition coefficient (Wildman–Crippen LogP) is 0.807. The highest BCUT2D eigenvalue weighted by Crippen LogP contribution is 2.25. The maximum absolute atomic E-state index is 12.8. The molecule has 2 amide bonds. The number of carbonyl (C=O) groups is 2. The van der Waals surface area contributed by atoms with E-state index in [0.717, 1.165) is 18.7 Å². The molecule has 8 heteroatoms. The van der Waals surface area contributed by atoms with Crippen molar-refractivity contribution >= 4 is 17.5 Å². The molecular weight excluding hydrogens is 372 g/mol. The summed E-state index contributed by atoms with van der Waals surface area (Å²) >= 11 is 0. The van der Waals surface area contributed by atoms with Crippen molar-refractivity contribution in [3.8, 4) is 5.75 Å². The van der Waals surface area contributed by atoms with Crippen LogP contribution < -0.4 is 10.1 Å². The molecule has 2 heterocycles. The van der Waals surface area contributed by atoms with Gasteiger partial charge in [0, 0.05) is 39.3 Å². The Labute approximate surface area is 172 Å². The first-order valence-electron chi connectivity index (χ1n) is 10.3. The number of amides is 2. The van der Waals surface area contributed by atoms with Gasteiger partial charge < -0.3 is 19.7 Å². The minimum atomic E-state index is -0.281. The molecular formula is C21H32N4O4. The average Bonchev–Trinajstić information content (AvgIpc) is 2.74. The molecule has 0 aliphatic carbocycles. The summed E-state index contributed by atoms with van der Waals surface area (Å²) < 4.78 is 10.7. The SMILES string of the molecule is COc1ccc(C)cc1NC(=O)C(C)N1CCN(C(=O)CN2CCOCC2)CC1. The Morgan fingerprint density at radius 3 is 2.48 bits per heavy atom. The number of hydrogen-bond acceptors (Lipinski definition) is 6. The molecule has 2 fully saturated rings. The molecule has 0 aromatic heterocycles. The lowest BCUT2D eigenvalue weighted by molar-refractivity contribution is -0.135. The van der Waals surface area contributed by atoms with Crippen LogP contribution in [0.1, 0.15) is 12.5 Å². The highest BCUT2D eigenvalue weighted by Gasteiger charge is 2.28. The number of methoxy groups -OCH3 is 1. The number of hydrogen-bond donors (Lipinski definition) is 1. The van der Waals surface area contributed by atoms with Gasteiger partial charge in [0.05, 0.1) is 38.6 Å². The van der Waals surface area contributed by atoms with Crippen molar-refractivity contribution in [3.63, 3.8) is 0 Å². The van der Waals surface area contributed by atoms with E-state index in [2.05, 4.69) is 15.1 Å². The summed E-state index contributed by atoms with van der Waals surface area (Å²) in [5, 5.41) is 2.98. The average molecular weight is 405 g/mol. The number of benzene rings is 1. The Balaban J connectivity index is 1.49. The van der Waals surface area contributed by atoms with Crippen LogP contribution in [0.4, 0.5) is 5.69 Å². The molecule has 0 spiro atoms. The smallest absolute Gasteiger partial charge is 0.241 e. The van der Waals surface area contributed by atoms with Crippen LogP contribution >= 0.6 is 0 Å². The van der Waals surface area contributed by atoms with Crippen molar-refractivity contribution in [2.45, 2.75) is 19.9 Å². The Kier molecular flexibility index (Phi) is 7.46. The molecule has 2 aliphatic heterocycles. The number of nitrogens with one attached hydrogen (secondary N) is 1. The number of rotatable bonds is 6. The molecule has 1 N–H and O–H groups in total.